The molecule has 0 aliphatic carbocycles. The van der Waals surface area contributed by atoms with Crippen molar-refractivity contribution in [2.75, 3.05) is 23.5 Å². The molecule has 3 rings (SSSR count). The van der Waals surface area contributed by atoms with Gasteiger partial charge in [0.25, 0.3) is 0 Å². The molecule has 0 aliphatic rings. The summed E-state index contributed by atoms with van der Waals surface area (Å²) in [7, 11) is 1.58. The molecular formula is C22H23N3O3S2. The van der Waals surface area contributed by atoms with Gasteiger partial charge in [0.05, 0.1) is 25.0 Å². The van der Waals surface area contributed by atoms with Gasteiger partial charge in [0.2, 0.25) is 11.8 Å². The van der Waals surface area contributed by atoms with E-state index in [9.17, 15) is 9.59 Å². The van der Waals surface area contributed by atoms with Crippen molar-refractivity contribution in [2.24, 2.45) is 0 Å². The molecule has 0 radical (unpaired) electrons. The number of aryl methyl sites for hydroxylation is 1. The first-order valence-corrected chi connectivity index (χ1v) is 11.2. The zero-order valence-corrected chi connectivity index (χ0v) is 18.7. The molecule has 0 saturated carbocycles. The molecule has 2 aromatic carbocycles. The van der Waals surface area contributed by atoms with Crippen molar-refractivity contribution in [3.8, 4) is 5.75 Å². The van der Waals surface area contributed by atoms with Crippen LogP contribution in [0.3, 0.4) is 0 Å². The molecule has 8 heteroatoms. The largest absolute Gasteiger partial charge is 0.497 e. The Balaban J connectivity index is 1.49. The Morgan fingerprint density at radius 2 is 1.90 bits per heavy atom. The Morgan fingerprint density at radius 3 is 2.70 bits per heavy atom. The summed E-state index contributed by atoms with van der Waals surface area (Å²) >= 11 is 2.78. The first kappa shape index (κ1) is 21.9. The van der Waals surface area contributed by atoms with Gasteiger partial charge in [-0.2, -0.15) is 0 Å². The van der Waals surface area contributed by atoms with Crippen LogP contribution in [0, 0.1) is 13.8 Å². The molecule has 0 saturated heterocycles. The number of rotatable bonds is 8. The fourth-order valence-electron chi connectivity index (χ4n) is 2.71. The third-order valence-electron chi connectivity index (χ3n) is 4.43. The van der Waals surface area contributed by atoms with E-state index >= 15 is 0 Å². The van der Waals surface area contributed by atoms with Crippen LogP contribution in [-0.2, 0) is 16.0 Å². The molecule has 6 nitrogen and oxygen atoms in total. The van der Waals surface area contributed by atoms with E-state index in [0.29, 0.717) is 17.1 Å². The summed E-state index contributed by atoms with van der Waals surface area (Å²) in [6, 6.07) is 13.0. The zero-order chi connectivity index (χ0) is 21.5. The zero-order valence-electron chi connectivity index (χ0n) is 17.0. The SMILES string of the molecule is COc1cccc(NC(=O)CSc2nc(CC(=O)Nc3cccc(C)c3C)cs2)c1. The number of nitrogens with one attached hydrogen (secondary N) is 2. The topological polar surface area (TPSA) is 80.3 Å². The number of ether oxygens (including phenoxy) is 1. The lowest BCUT2D eigenvalue weighted by Gasteiger charge is -2.09. The van der Waals surface area contributed by atoms with E-state index < -0.39 is 0 Å². The van der Waals surface area contributed by atoms with Crippen LogP contribution in [0.15, 0.2) is 52.2 Å². The molecule has 0 spiro atoms. The van der Waals surface area contributed by atoms with Crippen LogP contribution in [0.1, 0.15) is 16.8 Å². The minimum Gasteiger partial charge on any atom is -0.497 e. The van der Waals surface area contributed by atoms with Crippen LogP contribution in [-0.4, -0.2) is 29.7 Å². The van der Waals surface area contributed by atoms with Gasteiger partial charge in [0, 0.05) is 22.8 Å². The van der Waals surface area contributed by atoms with Gasteiger partial charge in [-0.15, -0.1) is 11.3 Å². The van der Waals surface area contributed by atoms with E-state index in [1.54, 1.807) is 19.2 Å². The van der Waals surface area contributed by atoms with Crippen molar-refractivity contribution in [1.29, 1.82) is 0 Å². The highest BCUT2D eigenvalue weighted by Gasteiger charge is 2.12. The summed E-state index contributed by atoms with van der Waals surface area (Å²) in [6.07, 6.45) is 0.195. The monoisotopic (exact) mass is 441 g/mol. The van der Waals surface area contributed by atoms with E-state index in [0.717, 1.165) is 21.2 Å². The minimum atomic E-state index is -0.127. The molecule has 0 unspecified atom stereocenters. The first-order valence-electron chi connectivity index (χ1n) is 9.32. The van der Waals surface area contributed by atoms with Crippen LogP contribution in [0.2, 0.25) is 0 Å². The summed E-state index contributed by atoms with van der Waals surface area (Å²) in [5, 5.41) is 7.63. The van der Waals surface area contributed by atoms with Crippen molar-refractivity contribution in [3.63, 3.8) is 0 Å². The van der Waals surface area contributed by atoms with E-state index in [-0.39, 0.29) is 24.0 Å². The van der Waals surface area contributed by atoms with Crippen LogP contribution >= 0.6 is 23.1 Å². The van der Waals surface area contributed by atoms with Gasteiger partial charge in [-0.3, -0.25) is 9.59 Å². The number of aromatic nitrogens is 1. The van der Waals surface area contributed by atoms with Crippen LogP contribution in [0.25, 0.3) is 0 Å². The van der Waals surface area contributed by atoms with Crippen molar-refractivity contribution < 1.29 is 14.3 Å². The molecule has 2 amide bonds. The molecule has 0 fully saturated rings. The fourth-order valence-corrected chi connectivity index (χ4v) is 4.35. The fraction of sp³-hybridized carbons (Fsp3) is 0.227. The predicted octanol–water partition coefficient (Wildman–Crippen LogP) is 4.68. The Hall–Kier alpha value is -2.84. The maximum absolute atomic E-state index is 12.3. The smallest absolute Gasteiger partial charge is 0.234 e. The number of methoxy groups -OCH3 is 1. The maximum atomic E-state index is 12.3. The number of carbonyl (C=O) groups is 2. The van der Waals surface area contributed by atoms with Crippen LogP contribution in [0.4, 0.5) is 11.4 Å². The Labute approximate surface area is 184 Å². The molecule has 1 heterocycles. The molecule has 0 aliphatic heterocycles. The summed E-state index contributed by atoms with van der Waals surface area (Å²) in [4.78, 5) is 29.0. The van der Waals surface area contributed by atoms with Crippen molar-refractivity contribution in [3.05, 3.63) is 64.7 Å². The van der Waals surface area contributed by atoms with E-state index in [1.165, 1.54) is 23.1 Å². The quantitative estimate of drug-likeness (QED) is 0.496. The van der Waals surface area contributed by atoms with Gasteiger partial charge in [0.1, 0.15) is 5.75 Å². The van der Waals surface area contributed by atoms with Crippen molar-refractivity contribution in [1.82, 2.24) is 4.98 Å². The minimum absolute atomic E-state index is 0.110. The van der Waals surface area contributed by atoms with Gasteiger partial charge in [0.15, 0.2) is 4.34 Å². The predicted molar refractivity (Wildman–Crippen MR) is 123 cm³/mol. The highest BCUT2D eigenvalue weighted by atomic mass is 32.2. The van der Waals surface area contributed by atoms with E-state index in [1.807, 2.05) is 49.6 Å². The van der Waals surface area contributed by atoms with Gasteiger partial charge in [-0.25, -0.2) is 4.98 Å². The Morgan fingerprint density at radius 1 is 1.10 bits per heavy atom. The second-order valence-corrected chi connectivity index (χ2v) is 8.73. The van der Waals surface area contributed by atoms with Gasteiger partial charge in [-0.05, 0) is 43.2 Å². The lowest BCUT2D eigenvalue weighted by Crippen LogP contribution is -2.15. The van der Waals surface area contributed by atoms with Gasteiger partial charge in [-0.1, -0.05) is 30.0 Å². The number of anilines is 2. The number of benzene rings is 2. The molecule has 3 aromatic rings. The maximum Gasteiger partial charge on any atom is 0.234 e. The molecule has 0 atom stereocenters. The normalized spacial score (nSPS) is 10.5. The Bertz CT molecular complexity index is 1050. The number of carbonyl (C=O) groups excluding carboxylic acids is 2. The summed E-state index contributed by atoms with van der Waals surface area (Å²) in [5.41, 5.74) is 4.38. The number of thiazole rings is 1. The number of nitrogens with zero attached hydrogens (tertiary/aromatic N) is 1. The molecular weight excluding hydrogens is 418 g/mol. The number of hydrogen-bond donors (Lipinski definition) is 2. The number of hydrogen-bond acceptors (Lipinski definition) is 6. The number of amides is 2. The second-order valence-electron chi connectivity index (χ2n) is 6.65. The average Bonchev–Trinajstić information content (AvgIpc) is 3.17. The molecule has 2 N–H and O–H groups in total. The summed E-state index contributed by atoms with van der Waals surface area (Å²) < 4.78 is 5.91. The van der Waals surface area contributed by atoms with E-state index in [2.05, 4.69) is 15.6 Å². The molecule has 1 aromatic heterocycles. The molecule has 0 bridgehead atoms. The Kier molecular flexibility index (Phi) is 7.48. The third kappa shape index (κ3) is 6.08. The average molecular weight is 442 g/mol. The van der Waals surface area contributed by atoms with Crippen molar-refractivity contribution in [2.45, 2.75) is 24.6 Å². The first-order chi connectivity index (χ1) is 14.4. The lowest BCUT2D eigenvalue weighted by atomic mass is 10.1. The van der Waals surface area contributed by atoms with Gasteiger partial charge < -0.3 is 15.4 Å². The molecule has 156 valence electrons. The highest BCUT2D eigenvalue weighted by Crippen LogP contribution is 2.24. The second kappa shape index (κ2) is 10.3. The standard InChI is InChI=1S/C22H23N3O3S2/c1-14-6-4-9-19(15(14)2)25-20(26)11-17-12-29-22(24-17)30-13-21(27)23-16-7-5-8-18(10-16)28-3/h4-10,12H,11,13H2,1-3H3,(H,23,27)(H,25,26). The van der Waals surface area contributed by atoms with Crippen LogP contribution < -0.4 is 15.4 Å². The third-order valence-corrected chi connectivity index (χ3v) is 6.50. The number of thioether (sulfide) groups is 1. The lowest BCUT2D eigenvalue weighted by molar-refractivity contribution is -0.116. The van der Waals surface area contributed by atoms with Crippen molar-refractivity contribution >= 4 is 46.3 Å². The molecule has 30 heavy (non-hydrogen) atoms. The summed E-state index contributed by atoms with van der Waals surface area (Å²) in [5.74, 6) is 0.682. The van der Waals surface area contributed by atoms with Gasteiger partial charge >= 0.3 is 0 Å². The van der Waals surface area contributed by atoms with Crippen LogP contribution in [0.5, 0.6) is 5.75 Å². The highest BCUT2D eigenvalue weighted by molar-refractivity contribution is 8.01. The van der Waals surface area contributed by atoms with E-state index in [4.69, 9.17) is 4.74 Å². The summed E-state index contributed by atoms with van der Waals surface area (Å²) in [6.45, 7) is 4.00.